The van der Waals surface area contributed by atoms with E-state index < -0.39 is 0 Å². The van der Waals surface area contributed by atoms with Crippen LogP contribution in [0.15, 0.2) is 24.3 Å². The number of piperazine rings is 1. The second-order valence-electron chi connectivity index (χ2n) is 7.84. The number of benzene rings is 1. The van der Waals surface area contributed by atoms with Gasteiger partial charge >= 0.3 is 0 Å². The smallest absolute Gasteiger partial charge is 0.251 e. The van der Waals surface area contributed by atoms with Crippen LogP contribution in [0.25, 0.3) is 0 Å². The number of rotatable bonds is 5. The van der Waals surface area contributed by atoms with Crippen LogP contribution in [0.1, 0.15) is 36.7 Å². The molecule has 1 aliphatic rings. The minimum atomic E-state index is -0.248. The van der Waals surface area contributed by atoms with Crippen molar-refractivity contribution in [2.45, 2.75) is 26.2 Å². The number of nitrogens with one attached hydrogen (secondary N) is 2. The van der Waals surface area contributed by atoms with Crippen molar-refractivity contribution in [2.24, 2.45) is 0 Å². The van der Waals surface area contributed by atoms with Gasteiger partial charge in [-0.15, -0.1) is 0 Å². The van der Waals surface area contributed by atoms with Crippen LogP contribution >= 0.6 is 0 Å². The maximum atomic E-state index is 12.3. The van der Waals surface area contributed by atoms with Crippen LogP contribution in [0, 0.1) is 0 Å². The Labute approximate surface area is 161 Å². The number of likely N-dealkylation sites (N-methyl/N-ethyl adjacent to an activating group) is 1. The minimum absolute atomic E-state index is 0.0185. The molecule has 148 valence electrons. The molecule has 2 rings (SSSR count). The first-order valence-electron chi connectivity index (χ1n) is 9.30. The van der Waals surface area contributed by atoms with Gasteiger partial charge in [-0.2, -0.15) is 0 Å². The average molecular weight is 374 g/mol. The van der Waals surface area contributed by atoms with Crippen molar-refractivity contribution in [2.75, 3.05) is 46.3 Å². The molecule has 0 aliphatic carbocycles. The van der Waals surface area contributed by atoms with Gasteiger partial charge in [0, 0.05) is 38.8 Å². The molecule has 0 spiro atoms. The summed E-state index contributed by atoms with van der Waals surface area (Å²) in [6.45, 7) is 9.12. The van der Waals surface area contributed by atoms with Gasteiger partial charge in [-0.3, -0.25) is 19.3 Å². The van der Waals surface area contributed by atoms with Gasteiger partial charge in [-0.05, 0) is 23.1 Å². The number of hydrogen-bond donors (Lipinski definition) is 2. The Morgan fingerprint density at radius 1 is 1.00 bits per heavy atom. The first-order valence-corrected chi connectivity index (χ1v) is 9.30. The third-order valence-corrected chi connectivity index (χ3v) is 4.78. The summed E-state index contributed by atoms with van der Waals surface area (Å²) in [5.74, 6) is -0.379. The molecule has 0 saturated carbocycles. The molecule has 1 fully saturated rings. The summed E-state index contributed by atoms with van der Waals surface area (Å²) in [7, 11) is 1.61. The van der Waals surface area contributed by atoms with Crippen LogP contribution in [0.5, 0.6) is 0 Å². The second-order valence-corrected chi connectivity index (χ2v) is 7.84. The summed E-state index contributed by atoms with van der Waals surface area (Å²) < 4.78 is 0. The highest BCUT2D eigenvalue weighted by Gasteiger charge is 2.22. The molecule has 0 unspecified atom stereocenters. The van der Waals surface area contributed by atoms with E-state index in [1.807, 2.05) is 17.0 Å². The minimum Gasteiger partial charge on any atom is -0.358 e. The molecular formula is C20H30N4O3. The van der Waals surface area contributed by atoms with Gasteiger partial charge < -0.3 is 15.5 Å². The topological polar surface area (TPSA) is 81.8 Å². The van der Waals surface area contributed by atoms with Crippen molar-refractivity contribution < 1.29 is 14.4 Å². The summed E-state index contributed by atoms with van der Waals surface area (Å²) in [5.41, 5.74) is 1.74. The first kappa shape index (κ1) is 20.9. The highest BCUT2D eigenvalue weighted by atomic mass is 16.2. The van der Waals surface area contributed by atoms with Gasteiger partial charge in [0.05, 0.1) is 13.1 Å². The lowest BCUT2D eigenvalue weighted by atomic mass is 9.87. The number of amides is 3. The molecule has 0 atom stereocenters. The zero-order valence-corrected chi connectivity index (χ0v) is 16.7. The number of hydrogen-bond acceptors (Lipinski definition) is 4. The molecule has 1 aromatic carbocycles. The van der Waals surface area contributed by atoms with E-state index in [4.69, 9.17) is 0 Å². The molecule has 2 N–H and O–H groups in total. The molecule has 7 nitrogen and oxygen atoms in total. The summed E-state index contributed by atoms with van der Waals surface area (Å²) in [6.07, 6.45) is 0. The highest BCUT2D eigenvalue weighted by molar-refractivity contribution is 5.96. The van der Waals surface area contributed by atoms with Gasteiger partial charge in [-0.25, -0.2) is 0 Å². The van der Waals surface area contributed by atoms with E-state index >= 15 is 0 Å². The number of nitrogens with zero attached hydrogens (tertiary/aromatic N) is 2. The molecule has 7 heteroatoms. The van der Waals surface area contributed by atoms with Crippen molar-refractivity contribution in [3.05, 3.63) is 35.4 Å². The number of carbonyl (C=O) groups excluding carboxylic acids is 3. The second kappa shape index (κ2) is 8.99. The average Bonchev–Trinajstić information content (AvgIpc) is 2.65. The van der Waals surface area contributed by atoms with Gasteiger partial charge in [0.1, 0.15) is 0 Å². The quantitative estimate of drug-likeness (QED) is 0.791. The maximum absolute atomic E-state index is 12.3. The molecule has 1 saturated heterocycles. The Kier molecular flexibility index (Phi) is 6.96. The summed E-state index contributed by atoms with van der Waals surface area (Å²) in [4.78, 5) is 39.7. The fraction of sp³-hybridized carbons (Fsp3) is 0.550. The molecule has 3 amide bonds. The van der Waals surface area contributed by atoms with E-state index in [9.17, 15) is 14.4 Å². The highest BCUT2D eigenvalue weighted by Crippen LogP contribution is 2.22. The largest absolute Gasteiger partial charge is 0.358 e. The van der Waals surface area contributed by atoms with E-state index in [0.29, 0.717) is 38.3 Å². The van der Waals surface area contributed by atoms with E-state index in [-0.39, 0.29) is 29.7 Å². The monoisotopic (exact) mass is 374 g/mol. The van der Waals surface area contributed by atoms with Crippen molar-refractivity contribution in [1.82, 2.24) is 20.4 Å². The van der Waals surface area contributed by atoms with Crippen molar-refractivity contribution in [1.29, 1.82) is 0 Å². The Balaban J connectivity index is 1.78. The molecule has 0 aromatic heterocycles. The summed E-state index contributed by atoms with van der Waals surface area (Å²) >= 11 is 0. The Morgan fingerprint density at radius 2 is 1.59 bits per heavy atom. The Bertz CT molecular complexity index is 671. The number of carbonyl (C=O) groups is 3. The predicted octanol–water partition coefficient (Wildman–Crippen LogP) is 0.604. The van der Waals surface area contributed by atoms with Crippen molar-refractivity contribution >= 4 is 17.7 Å². The molecule has 1 heterocycles. The molecule has 0 radical (unpaired) electrons. The van der Waals surface area contributed by atoms with E-state index in [1.54, 1.807) is 24.1 Å². The SMILES string of the molecule is CNC(=O)CN1CCN(C(=O)CNC(=O)c2ccc(C(C)(C)C)cc2)CC1. The fourth-order valence-electron chi connectivity index (χ4n) is 2.93. The third-order valence-electron chi connectivity index (χ3n) is 4.78. The fourth-order valence-corrected chi connectivity index (χ4v) is 2.93. The van der Waals surface area contributed by atoms with Gasteiger partial charge in [0.15, 0.2) is 0 Å². The molecule has 0 bridgehead atoms. The Hall–Kier alpha value is -2.41. The van der Waals surface area contributed by atoms with Crippen LogP contribution in [-0.4, -0.2) is 73.8 Å². The van der Waals surface area contributed by atoms with Crippen LogP contribution in [0.3, 0.4) is 0 Å². The lowest BCUT2D eigenvalue weighted by molar-refractivity contribution is -0.132. The zero-order chi connectivity index (χ0) is 20.0. The van der Waals surface area contributed by atoms with Gasteiger partial charge in [0.25, 0.3) is 5.91 Å². The van der Waals surface area contributed by atoms with E-state index in [0.717, 1.165) is 5.56 Å². The molecule has 1 aromatic rings. The third kappa shape index (κ3) is 6.06. The van der Waals surface area contributed by atoms with Crippen LogP contribution in [-0.2, 0) is 15.0 Å². The zero-order valence-electron chi connectivity index (χ0n) is 16.7. The summed E-state index contributed by atoms with van der Waals surface area (Å²) in [6, 6.07) is 7.47. The van der Waals surface area contributed by atoms with Crippen molar-refractivity contribution in [3.63, 3.8) is 0 Å². The van der Waals surface area contributed by atoms with Crippen LogP contribution in [0.2, 0.25) is 0 Å². The Morgan fingerprint density at radius 3 is 2.11 bits per heavy atom. The molecular weight excluding hydrogens is 344 g/mol. The van der Waals surface area contributed by atoms with Gasteiger partial charge in [0.2, 0.25) is 11.8 Å². The summed E-state index contributed by atoms with van der Waals surface area (Å²) in [5, 5.41) is 5.30. The molecule has 1 aliphatic heterocycles. The first-order chi connectivity index (χ1) is 12.7. The molecule has 27 heavy (non-hydrogen) atoms. The lowest BCUT2D eigenvalue weighted by Gasteiger charge is -2.34. The standard InChI is InChI=1S/C20H30N4O3/c1-20(2,3)16-7-5-15(6-8-16)19(27)22-13-18(26)24-11-9-23(10-12-24)14-17(25)21-4/h5-8H,9-14H2,1-4H3,(H,21,25)(H,22,27). The van der Waals surface area contributed by atoms with E-state index in [1.165, 1.54) is 0 Å². The maximum Gasteiger partial charge on any atom is 0.251 e. The predicted molar refractivity (Wildman–Crippen MR) is 105 cm³/mol. The normalized spacial score (nSPS) is 15.3. The van der Waals surface area contributed by atoms with E-state index in [2.05, 4.69) is 31.4 Å². The van der Waals surface area contributed by atoms with Gasteiger partial charge in [-0.1, -0.05) is 32.9 Å². The van der Waals surface area contributed by atoms with Crippen LogP contribution in [0.4, 0.5) is 0 Å². The van der Waals surface area contributed by atoms with Crippen LogP contribution < -0.4 is 10.6 Å². The van der Waals surface area contributed by atoms with Crippen molar-refractivity contribution in [3.8, 4) is 0 Å². The lowest BCUT2D eigenvalue weighted by Crippen LogP contribution is -2.52.